The van der Waals surface area contributed by atoms with Gasteiger partial charge in [0.2, 0.25) is 17.7 Å². The molecule has 1 unspecified atom stereocenters. The molecule has 1 aliphatic heterocycles. The van der Waals surface area contributed by atoms with Gasteiger partial charge in [0, 0.05) is 42.5 Å². The van der Waals surface area contributed by atoms with Crippen molar-refractivity contribution in [3.05, 3.63) is 101 Å². The van der Waals surface area contributed by atoms with E-state index in [-0.39, 0.29) is 34.2 Å². The molecule has 1 fully saturated rings. The highest BCUT2D eigenvalue weighted by molar-refractivity contribution is 6.31. The van der Waals surface area contributed by atoms with E-state index in [9.17, 15) is 23.6 Å². The molecule has 13 nitrogen and oxygen atoms in total. The van der Waals surface area contributed by atoms with E-state index >= 15 is 0 Å². The fourth-order valence-corrected chi connectivity index (χ4v) is 4.98. The first-order chi connectivity index (χ1) is 22.1. The number of hydrogen-bond donors (Lipinski definition) is 3. The summed E-state index contributed by atoms with van der Waals surface area (Å²) in [5.74, 6) is -3.21. The highest BCUT2D eigenvalue weighted by Gasteiger charge is 2.24. The third kappa shape index (κ3) is 7.60. The molecule has 2 heterocycles. The van der Waals surface area contributed by atoms with Gasteiger partial charge in [0.05, 0.1) is 22.8 Å². The van der Waals surface area contributed by atoms with Crippen molar-refractivity contribution in [3.63, 3.8) is 0 Å². The Balaban J connectivity index is 1.36. The van der Waals surface area contributed by atoms with Crippen LogP contribution in [0.15, 0.2) is 73.1 Å². The number of aromatic carboxylic acids is 1. The van der Waals surface area contributed by atoms with E-state index in [0.717, 1.165) is 18.3 Å². The van der Waals surface area contributed by atoms with Crippen LogP contribution >= 0.6 is 11.6 Å². The van der Waals surface area contributed by atoms with Gasteiger partial charge in [-0.25, -0.2) is 9.18 Å². The molecule has 5 rings (SSSR count). The molecule has 3 amide bonds. The summed E-state index contributed by atoms with van der Waals surface area (Å²) in [6.45, 7) is 1.59. The molecule has 1 atom stereocenters. The van der Waals surface area contributed by atoms with E-state index in [1.165, 1.54) is 53.5 Å². The third-order valence-electron chi connectivity index (χ3n) is 7.24. The maximum atomic E-state index is 15.0. The molecule has 0 bridgehead atoms. The smallest absolute Gasteiger partial charge is 0.335 e. The Labute approximate surface area is 267 Å². The molecular weight excluding hydrogens is 619 g/mol. The maximum absolute atomic E-state index is 15.0. The van der Waals surface area contributed by atoms with Gasteiger partial charge < -0.3 is 20.6 Å². The standard InChI is InChI=1S/C31H28ClFN8O5/c1-39-14-15-40(28(43)17-39)22-8-2-19(3-9-22)16-25(30(44)35-21-6-4-20(5-7-21)31(45)46)36-27(42)13-10-23-26(41-18-34-37-38-41)12-11-24(32)29(23)33/h2-13,18,25H,14-17H2,1H3,(H,35,44)(H,36,42)(H,45,46)/b13-10+. The molecule has 3 aromatic carbocycles. The second kappa shape index (κ2) is 14.1. The summed E-state index contributed by atoms with van der Waals surface area (Å²) in [6.07, 6.45) is 3.59. The largest absolute Gasteiger partial charge is 0.478 e. The number of nitrogens with one attached hydrogen (secondary N) is 2. The number of halogens is 2. The van der Waals surface area contributed by atoms with Gasteiger partial charge >= 0.3 is 5.97 Å². The predicted octanol–water partition coefficient (Wildman–Crippen LogP) is 2.81. The summed E-state index contributed by atoms with van der Waals surface area (Å²) in [5, 5.41) is 25.2. The van der Waals surface area contributed by atoms with Crippen LogP contribution in [0.2, 0.25) is 5.02 Å². The van der Waals surface area contributed by atoms with E-state index in [4.69, 9.17) is 16.7 Å². The summed E-state index contributed by atoms with van der Waals surface area (Å²) in [6, 6.07) is 14.4. The summed E-state index contributed by atoms with van der Waals surface area (Å²) in [7, 11) is 1.88. The minimum absolute atomic E-state index is 0.0221. The Morgan fingerprint density at radius 3 is 2.46 bits per heavy atom. The molecule has 0 saturated carbocycles. The van der Waals surface area contributed by atoms with Crippen molar-refractivity contribution in [3.8, 4) is 5.69 Å². The monoisotopic (exact) mass is 646 g/mol. The number of tetrazole rings is 1. The van der Waals surface area contributed by atoms with Crippen molar-refractivity contribution in [2.45, 2.75) is 12.5 Å². The molecule has 1 saturated heterocycles. The molecule has 0 aliphatic carbocycles. The fraction of sp³-hybridized carbons (Fsp3) is 0.194. The van der Waals surface area contributed by atoms with Crippen molar-refractivity contribution >= 4 is 52.7 Å². The van der Waals surface area contributed by atoms with Gasteiger partial charge in [0.15, 0.2) is 5.82 Å². The number of carboxylic acids is 1. The molecule has 236 valence electrons. The van der Waals surface area contributed by atoms with Crippen LogP contribution in [0.5, 0.6) is 0 Å². The van der Waals surface area contributed by atoms with E-state index in [1.807, 2.05) is 11.9 Å². The Bertz CT molecular complexity index is 1780. The normalized spacial score (nSPS) is 14.3. The first-order valence-corrected chi connectivity index (χ1v) is 14.4. The summed E-state index contributed by atoms with van der Waals surface area (Å²) in [5.41, 5.74) is 1.95. The molecule has 4 aromatic rings. The van der Waals surface area contributed by atoms with E-state index < -0.39 is 29.6 Å². The molecule has 0 radical (unpaired) electrons. The van der Waals surface area contributed by atoms with Crippen LogP contribution in [-0.2, 0) is 20.8 Å². The van der Waals surface area contributed by atoms with E-state index in [0.29, 0.717) is 24.3 Å². The van der Waals surface area contributed by atoms with Crippen molar-refractivity contribution in [2.24, 2.45) is 0 Å². The van der Waals surface area contributed by atoms with Crippen LogP contribution in [0.4, 0.5) is 15.8 Å². The lowest BCUT2D eigenvalue weighted by atomic mass is 10.0. The average molecular weight is 647 g/mol. The van der Waals surface area contributed by atoms with Gasteiger partial charge in [-0.1, -0.05) is 23.7 Å². The molecule has 1 aliphatic rings. The van der Waals surface area contributed by atoms with Crippen LogP contribution in [-0.4, -0.2) is 86.6 Å². The number of carbonyl (C=O) groups excluding carboxylic acids is 3. The molecule has 3 N–H and O–H groups in total. The Morgan fingerprint density at radius 1 is 1.07 bits per heavy atom. The van der Waals surface area contributed by atoms with Crippen LogP contribution in [0.3, 0.4) is 0 Å². The van der Waals surface area contributed by atoms with Gasteiger partial charge in [-0.2, -0.15) is 4.68 Å². The highest BCUT2D eigenvalue weighted by Crippen LogP contribution is 2.25. The SMILES string of the molecule is CN1CCN(c2ccc(CC(NC(=O)/C=C/c3c(-n4cnnn4)ccc(Cl)c3F)C(=O)Nc3ccc(C(=O)O)cc3)cc2)C(=O)C1. The number of benzene rings is 3. The van der Waals surface area contributed by atoms with Crippen LogP contribution in [0.25, 0.3) is 11.8 Å². The van der Waals surface area contributed by atoms with Crippen LogP contribution in [0, 0.1) is 5.82 Å². The zero-order chi connectivity index (χ0) is 32.8. The molecule has 46 heavy (non-hydrogen) atoms. The van der Waals surface area contributed by atoms with Crippen LogP contribution in [0.1, 0.15) is 21.5 Å². The number of hydrogen-bond acceptors (Lipinski definition) is 8. The first kappa shape index (κ1) is 31.9. The highest BCUT2D eigenvalue weighted by atomic mass is 35.5. The summed E-state index contributed by atoms with van der Waals surface area (Å²) in [4.78, 5) is 53.9. The zero-order valence-corrected chi connectivity index (χ0v) is 25.2. The lowest BCUT2D eigenvalue weighted by Gasteiger charge is -2.32. The van der Waals surface area contributed by atoms with E-state index in [2.05, 4.69) is 26.2 Å². The van der Waals surface area contributed by atoms with Gasteiger partial charge in [-0.15, -0.1) is 5.10 Å². The number of aromatic nitrogens is 4. The number of nitrogens with zero attached hydrogens (tertiary/aromatic N) is 6. The minimum Gasteiger partial charge on any atom is -0.478 e. The quantitative estimate of drug-likeness (QED) is 0.220. The maximum Gasteiger partial charge on any atom is 0.335 e. The van der Waals surface area contributed by atoms with Crippen molar-refractivity contribution < 1.29 is 28.7 Å². The van der Waals surface area contributed by atoms with Gasteiger partial charge in [0.25, 0.3) is 0 Å². The molecule has 0 spiro atoms. The van der Waals surface area contributed by atoms with Gasteiger partial charge in [0.1, 0.15) is 12.4 Å². The minimum atomic E-state index is -1.11. The van der Waals surface area contributed by atoms with Crippen molar-refractivity contribution in [1.29, 1.82) is 0 Å². The topological polar surface area (TPSA) is 163 Å². The zero-order valence-electron chi connectivity index (χ0n) is 24.4. The van der Waals surface area contributed by atoms with Crippen molar-refractivity contribution in [1.82, 2.24) is 30.4 Å². The number of anilines is 2. The number of amides is 3. The Hall–Kier alpha value is -5.47. The van der Waals surface area contributed by atoms with Gasteiger partial charge in [-0.05, 0) is 77.6 Å². The third-order valence-corrected chi connectivity index (χ3v) is 7.53. The summed E-state index contributed by atoms with van der Waals surface area (Å²) < 4.78 is 16.2. The molecule has 1 aromatic heterocycles. The lowest BCUT2D eigenvalue weighted by Crippen LogP contribution is -2.48. The molecule has 15 heteroatoms. The molecular formula is C31H28ClFN8O5. The average Bonchev–Trinajstić information content (AvgIpc) is 3.57. The Morgan fingerprint density at radius 2 is 1.80 bits per heavy atom. The number of carboxylic acid groups (broad SMARTS) is 1. The lowest BCUT2D eigenvalue weighted by molar-refractivity contribution is -0.123. The first-order valence-electron chi connectivity index (χ1n) is 14.0. The fourth-order valence-electron chi connectivity index (χ4n) is 4.81. The second-order valence-electron chi connectivity index (χ2n) is 10.5. The number of piperazine rings is 1. The number of likely N-dealkylation sites (N-methyl/N-ethyl adjacent to an activating group) is 1. The summed E-state index contributed by atoms with van der Waals surface area (Å²) >= 11 is 5.98. The predicted molar refractivity (Wildman–Crippen MR) is 167 cm³/mol. The number of rotatable bonds is 10. The van der Waals surface area contributed by atoms with E-state index in [1.54, 1.807) is 29.2 Å². The second-order valence-corrected chi connectivity index (χ2v) is 10.9. The van der Waals surface area contributed by atoms with Gasteiger partial charge in [-0.3, -0.25) is 19.3 Å². The van der Waals surface area contributed by atoms with Crippen molar-refractivity contribution in [2.75, 3.05) is 36.9 Å². The van der Waals surface area contributed by atoms with Crippen LogP contribution < -0.4 is 15.5 Å². The number of carbonyl (C=O) groups is 4. The Kier molecular flexibility index (Phi) is 9.79.